The van der Waals surface area contributed by atoms with Gasteiger partial charge in [0, 0.05) is 11.5 Å². The van der Waals surface area contributed by atoms with Crippen LogP contribution in [0.25, 0.3) is 0 Å². The molecule has 0 saturated carbocycles. The van der Waals surface area contributed by atoms with Crippen LogP contribution in [-0.2, 0) is 4.74 Å². The Morgan fingerprint density at radius 2 is 2.44 bits per heavy atom. The molecule has 1 aliphatic rings. The highest BCUT2D eigenvalue weighted by Crippen LogP contribution is 2.33. The van der Waals surface area contributed by atoms with Crippen LogP contribution in [0.1, 0.15) is 36.8 Å². The molecule has 1 aromatic heterocycles. The second-order valence-corrected chi connectivity index (χ2v) is 5.74. The molecule has 1 N–H and O–H groups in total. The minimum Gasteiger partial charge on any atom is -0.376 e. The second-order valence-electron chi connectivity index (χ2n) is 4.63. The molecule has 90 valence electrons. The fourth-order valence-corrected chi connectivity index (χ4v) is 3.15. The summed E-state index contributed by atoms with van der Waals surface area (Å²) in [5, 5.41) is 5.83. The van der Waals surface area contributed by atoms with E-state index in [0.717, 1.165) is 13.2 Å². The van der Waals surface area contributed by atoms with Gasteiger partial charge in [0.15, 0.2) is 0 Å². The summed E-state index contributed by atoms with van der Waals surface area (Å²) in [7, 11) is 0. The van der Waals surface area contributed by atoms with Gasteiger partial charge in [-0.2, -0.15) is 0 Å². The molecule has 3 unspecified atom stereocenters. The van der Waals surface area contributed by atoms with Crippen LogP contribution in [0.5, 0.6) is 0 Å². The van der Waals surface area contributed by atoms with E-state index in [2.05, 4.69) is 37.5 Å². The molecule has 0 radical (unpaired) electrons. The maximum absolute atomic E-state index is 5.89. The molecule has 1 saturated heterocycles. The van der Waals surface area contributed by atoms with Crippen molar-refractivity contribution in [1.29, 1.82) is 0 Å². The minimum absolute atomic E-state index is 0.342. The average Bonchev–Trinajstić information content (AvgIpc) is 2.84. The van der Waals surface area contributed by atoms with Crippen molar-refractivity contribution in [3.63, 3.8) is 0 Å². The van der Waals surface area contributed by atoms with E-state index >= 15 is 0 Å². The molecular weight excluding hydrogens is 218 g/mol. The van der Waals surface area contributed by atoms with Crippen molar-refractivity contribution >= 4 is 11.3 Å². The van der Waals surface area contributed by atoms with Crippen LogP contribution in [0.15, 0.2) is 11.4 Å². The Kier molecular flexibility index (Phi) is 4.00. The topological polar surface area (TPSA) is 21.3 Å². The van der Waals surface area contributed by atoms with Crippen LogP contribution in [-0.4, -0.2) is 19.3 Å². The number of aryl methyl sites for hydroxylation is 1. The van der Waals surface area contributed by atoms with E-state index < -0.39 is 0 Å². The zero-order valence-electron chi connectivity index (χ0n) is 10.3. The first-order chi connectivity index (χ1) is 7.72. The van der Waals surface area contributed by atoms with Gasteiger partial charge < -0.3 is 10.1 Å². The molecule has 0 bridgehead atoms. The zero-order valence-corrected chi connectivity index (χ0v) is 11.1. The van der Waals surface area contributed by atoms with Gasteiger partial charge in [-0.1, -0.05) is 13.8 Å². The molecular formula is C13H21NOS. The number of hydrogen-bond donors (Lipinski definition) is 1. The van der Waals surface area contributed by atoms with Crippen molar-refractivity contribution in [2.45, 2.75) is 39.3 Å². The average molecular weight is 239 g/mol. The molecule has 0 aromatic carbocycles. The summed E-state index contributed by atoms with van der Waals surface area (Å²) in [4.78, 5) is 1.38. The number of rotatable bonds is 4. The lowest BCUT2D eigenvalue weighted by molar-refractivity contribution is 0.0613. The first-order valence-electron chi connectivity index (χ1n) is 6.12. The van der Waals surface area contributed by atoms with Crippen LogP contribution in [0.2, 0.25) is 0 Å². The highest BCUT2D eigenvalue weighted by molar-refractivity contribution is 7.10. The third kappa shape index (κ3) is 2.47. The van der Waals surface area contributed by atoms with E-state index in [4.69, 9.17) is 4.74 Å². The van der Waals surface area contributed by atoms with Crippen LogP contribution >= 0.6 is 11.3 Å². The van der Waals surface area contributed by atoms with Crippen molar-refractivity contribution in [3.8, 4) is 0 Å². The predicted molar refractivity (Wildman–Crippen MR) is 69.0 cm³/mol. The largest absolute Gasteiger partial charge is 0.376 e. The number of nitrogens with one attached hydrogen (secondary N) is 1. The van der Waals surface area contributed by atoms with E-state index in [1.165, 1.54) is 16.9 Å². The van der Waals surface area contributed by atoms with Crippen LogP contribution in [0.4, 0.5) is 0 Å². The first-order valence-corrected chi connectivity index (χ1v) is 7.00. The van der Waals surface area contributed by atoms with E-state index in [1.807, 2.05) is 11.3 Å². The third-order valence-corrected chi connectivity index (χ3v) is 4.19. The third-order valence-electron chi connectivity index (χ3n) is 3.31. The molecule has 16 heavy (non-hydrogen) atoms. The Bertz CT molecular complexity index is 336. The molecule has 0 amide bonds. The van der Waals surface area contributed by atoms with Crippen LogP contribution in [0, 0.1) is 12.8 Å². The molecule has 3 atom stereocenters. The summed E-state index contributed by atoms with van der Waals surface area (Å²) in [6.45, 7) is 8.52. The summed E-state index contributed by atoms with van der Waals surface area (Å²) in [5.74, 6) is 0.657. The van der Waals surface area contributed by atoms with Gasteiger partial charge in [-0.15, -0.1) is 11.3 Å². The maximum atomic E-state index is 5.89. The Morgan fingerprint density at radius 3 is 2.94 bits per heavy atom. The molecule has 1 fully saturated rings. The highest BCUT2D eigenvalue weighted by Gasteiger charge is 2.32. The highest BCUT2D eigenvalue weighted by atomic mass is 32.1. The van der Waals surface area contributed by atoms with Crippen molar-refractivity contribution in [2.24, 2.45) is 5.92 Å². The fraction of sp³-hybridized carbons (Fsp3) is 0.692. The lowest BCUT2D eigenvalue weighted by atomic mass is 9.94. The molecule has 1 aromatic rings. The van der Waals surface area contributed by atoms with Crippen LogP contribution in [0.3, 0.4) is 0 Å². The summed E-state index contributed by atoms with van der Waals surface area (Å²) in [6.07, 6.45) is 1.53. The van der Waals surface area contributed by atoms with Gasteiger partial charge in [0.2, 0.25) is 0 Å². The Labute approximate surface area is 102 Å². The molecule has 0 aliphatic carbocycles. The van der Waals surface area contributed by atoms with E-state index in [9.17, 15) is 0 Å². The van der Waals surface area contributed by atoms with E-state index in [0.29, 0.717) is 18.1 Å². The number of hydrogen-bond acceptors (Lipinski definition) is 3. The maximum Gasteiger partial charge on any atom is 0.0796 e. The summed E-state index contributed by atoms with van der Waals surface area (Å²) in [6, 6.07) is 2.65. The van der Waals surface area contributed by atoms with Crippen molar-refractivity contribution in [2.75, 3.05) is 13.2 Å². The predicted octanol–water partition coefficient (Wildman–Crippen LogP) is 3.13. The first kappa shape index (κ1) is 12.1. The SMILES string of the molecule is CCNC(c1csc(C)c1)C1OCCC1C. The molecule has 2 heterocycles. The molecule has 2 nitrogen and oxygen atoms in total. The van der Waals surface area contributed by atoms with Gasteiger partial charge in [0.25, 0.3) is 0 Å². The van der Waals surface area contributed by atoms with E-state index in [1.54, 1.807) is 0 Å². The quantitative estimate of drug-likeness (QED) is 0.871. The summed E-state index contributed by atoms with van der Waals surface area (Å²) >= 11 is 1.82. The van der Waals surface area contributed by atoms with Gasteiger partial charge in [-0.05, 0) is 42.8 Å². The van der Waals surface area contributed by atoms with Gasteiger partial charge in [-0.3, -0.25) is 0 Å². The molecule has 2 rings (SSSR count). The number of likely N-dealkylation sites (N-methyl/N-ethyl adjacent to an activating group) is 1. The normalized spacial score (nSPS) is 27.2. The van der Waals surface area contributed by atoms with Crippen molar-refractivity contribution in [1.82, 2.24) is 5.32 Å². The monoisotopic (exact) mass is 239 g/mol. The second kappa shape index (κ2) is 5.30. The number of thiophene rings is 1. The Balaban J connectivity index is 2.16. The smallest absolute Gasteiger partial charge is 0.0796 e. The molecule has 3 heteroatoms. The lowest BCUT2D eigenvalue weighted by Crippen LogP contribution is -2.34. The van der Waals surface area contributed by atoms with Gasteiger partial charge in [-0.25, -0.2) is 0 Å². The zero-order chi connectivity index (χ0) is 11.5. The number of ether oxygens (including phenoxy) is 1. The standard InChI is InChI=1S/C13H21NOS/c1-4-14-12(11-7-10(3)16-8-11)13-9(2)5-6-15-13/h7-9,12-14H,4-6H2,1-3H3. The Morgan fingerprint density at radius 1 is 1.62 bits per heavy atom. The van der Waals surface area contributed by atoms with Gasteiger partial charge >= 0.3 is 0 Å². The van der Waals surface area contributed by atoms with Crippen LogP contribution < -0.4 is 5.32 Å². The fourth-order valence-electron chi connectivity index (χ4n) is 2.41. The van der Waals surface area contributed by atoms with Crippen molar-refractivity contribution in [3.05, 3.63) is 21.9 Å². The van der Waals surface area contributed by atoms with Gasteiger partial charge in [0.1, 0.15) is 0 Å². The van der Waals surface area contributed by atoms with E-state index in [-0.39, 0.29) is 0 Å². The van der Waals surface area contributed by atoms with Gasteiger partial charge in [0.05, 0.1) is 12.1 Å². The minimum atomic E-state index is 0.342. The Hall–Kier alpha value is -0.380. The summed E-state index contributed by atoms with van der Waals surface area (Å²) in [5.41, 5.74) is 1.39. The molecule has 0 spiro atoms. The lowest BCUT2D eigenvalue weighted by Gasteiger charge is -2.26. The van der Waals surface area contributed by atoms with Crippen molar-refractivity contribution < 1.29 is 4.74 Å². The summed E-state index contributed by atoms with van der Waals surface area (Å²) < 4.78 is 5.89. The molecule has 1 aliphatic heterocycles.